The van der Waals surface area contributed by atoms with E-state index >= 15 is 0 Å². The molecule has 36 heavy (non-hydrogen) atoms. The Labute approximate surface area is 229 Å². The van der Waals surface area contributed by atoms with Gasteiger partial charge in [0.2, 0.25) is 0 Å². The molecule has 1 aliphatic heterocycles. The molecule has 1 saturated heterocycles. The van der Waals surface area contributed by atoms with Crippen molar-refractivity contribution in [3.63, 3.8) is 0 Å². The Morgan fingerprint density at radius 3 is 2.08 bits per heavy atom. The van der Waals surface area contributed by atoms with Crippen LogP contribution in [0.1, 0.15) is 84.7 Å². The van der Waals surface area contributed by atoms with Crippen LogP contribution in [-0.4, -0.2) is 54.3 Å². The second-order valence-corrected chi connectivity index (χ2v) is 7.45. The Morgan fingerprint density at radius 2 is 1.56 bits per heavy atom. The van der Waals surface area contributed by atoms with Gasteiger partial charge in [0.15, 0.2) is 0 Å². The molecule has 2 aromatic carbocycles. The normalized spacial score (nSPS) is 14.9. The summed E-state index contributed by atoms with van der Waals surface area (Å²) in [6, 6.07) is 15.5. The molecule has 3 rings (SSSR count). The van der Waals surface area contributed by atoms with Gasteiger partial charge in [-0.2, -0.15) is 0 Å². The number of hydrogen-bond donors (Lipinski definition) is 0. The second-order valence-electron chi connectivity index (χ2n) is 7.45. The minimum atomic E-state index is -0.615. The fourth-order valence-corrected chi connectivity index (χ4v) is 3.02. The zero-order valence-electron chi connectivity index (χ0n) is 24.1. The Morgan fingerprint density at radius 1 is 0.944 bits per heavy atom. The molecule has 0 aliphatic carbocycles. The summed E-state index contributed by atoms with van der Waals surface area (Å²) < 4.78 is 23.6. The summed E-state index contributed by atoms with van der Waals surface area (Å²) in [5.74, 6) is 2.49. The van der Waals surface area contributed by atoms with E-state index in [1.807, 2.05) is 105 Å². The van der Waals surface area contributed by atoms with Crippen LogP contribution in [0.15, 0.2) is 48.5 Å². The van der Waals surface area contributed by atoms with Gasteiger partial charge in [-0.05, 0) is 32.4 Å². The Bertz CT molecular complexity index is 786. The third-order valence-electron chi connectivity index (χ3n) is 4.98. The summed E-state index contributed by atoms with van der Waals surface area (Å²) in [5, 5.41) is 0. The molecule has 2 aromatic rings. The monoisotopic (exact) mass is 567 g/mol. The van der Waals surface area contributed by atoms with E-state index in [0.717, 1.165) is 18.3 Å². The number of ether oxygens (including phenoxy) is 2. The van der Waals surface area contributed by atoms with E-state index < -0.39 is 12.7 Å². The summed E-state index contributed by atoms with van der Waals surface area (Å²) in [5.41, 5.74) is 1.90. The first-order chi connectivity index (χ1) is 17.5. The van der Waals surface area contributed by atoms with Crippen LogP contribution in [0, 0.1) is 0 Å². The first-order valence-corrected chi connectivity index (χ1v) is 14.8. The predicted molar refractivity (Wildman–Crippen MR) is 155 cm³/mol. The molecular formula is C29H48BO5Se. The Hall–Kier alpha value is -1.63. The summed E-state index contributed by atoms with van der Waals surface area (Å²) in [6.45, 7) is 19.6. The number of rotatable bonds is 9. The summed E-state index contributed by atoms with van der Waals surface area (Å²) >= 11 is 2.62. The number of hydrogen-bond acceptors (Lipinski definition) is 5. The Balaban J connectivity index is 0. The average molecular weight is 566 g/mol. The van der Waals surface area contributed by atoms with E-state index in [4.69, 9.17) is 18.8 Å². The zero-order valence-corrected chi connectivity index (χ0v) is 25.8. The summed E-state index contributed by atoms with van der Waals surface area (Å²) in [7, 11) is -0.615. The van der Waals surface area contributed by atoms with Gasteiger partial charge < -0.3 is 18.8 Å². The Kier molecular flexibility index (Phi) is 22.9. The van der Waals surface area contributed by atoms with Gasteiger partial charge in [0, 0.05) is 17.4 Å². The molecule has 1 aliphatic rings. The van der Waals surface area contributed by atoms with Crippen LogP contribution in [0.25, 0.3) is 0 Å². The van der Waals surface area contributed by atoms with Crippen LogP contribution < -0.4 is 10.2 Å². The van der Waals surface area contributed by atoms with Crippen molar-refractivity contribution < 1.29 is 23.6 Å². The van der Waals surface area contributed by atoms with Gasteiger partial charge in [0.05, 0.1) is 31.5 Å². The van der Waals surface area contributed by atoms with Gasteiger partial charge in [-0.25, -0.2) is 0 Å². The van der Waals surface area contributed by atoms with E-state index in [2.05, 4.69) is 16.0 Å². The van der Waals surface area contributed by atoms with E-state index in [1.54, 1.807) is 12.1 Å². The fraction of sp³-hybridized carbons (Fsp3) is 0.552. The van der Waals surface area contributed by atoms with E-state index in [0.29, 0.717) is 36.6 Å². The van der Waals surface area contributed by atoms with Gasteiger partial charge >= 0.3 is 29.0 Å². The first kappa shape index (κ1) is 36.5. The van der Waals surface area contributed by atoms with Gasteiger partial charge in [-0.1, -0.05) is 84.0 Å². The van der Waals surface area contributed by atoms with Crippen molar-refractivity contribution in [1.29, 1.82) is 0 Å². The fourth-order valence-electron chi connectivity index (χ4n) is 3.02. The molecule has 203 valence electrons. The number of carbonyl (C=O) groups excluding carboxylic acids is 1. The second kappa shape index (κ2) is 22.6. The minimum absolute atomic E-state index is 0.0866. The molecular weight excluding hydrogens is 518 g/mol. The van der Waals surface area contributed by atoms with E-state index in [1.165, 1.54) is 0 Å². The number of aldehydes is 1. The van der Waals surface area contributed by atoms with Crippen LogP contribution >= 0.6 is 0 Å². The molecule has 0 spiro atoms. The average Bonchev–Trinajstić information content (AvgIpc) is 3.22. The van der Waals surface area contributed by atoms with Crippen LogP contribution in [0.5, 0.6) is 5.75 Å². The van der Waals surface area contributed by atoms with E-state index in [-0.39, 0.29) is 6.10 Å². The molecule has 1 unspecified atom stereocenters. The molecule has 0 amide bonds. The molecule has 5 nitrogen and oxygen atoms in total. The third-order valence-corrected chi connectivity index (χ3v) is 4.98. The topological polar surface area (TPSA) is 54.0 Å². The molecule has 0 N–H and O–H groups in total. The molecule has 1 atom stereocenters. The standard InChI is InChI=1S/C22H27BO5.3C2H6.CH3Se/c1-17-22(2,3)28-23(27-17)21-19(15-24)11-7-12-20(21)26-14-8-13-25-16-18-9-5-4-6-10-18;4*1-2/h4-7,9-12,15,17H,8,13-14,16H2,1-3H3;3*1-2H3;1H3. The number of carbonyl (C=O) groups is 1. The van der Waals surface area contributed by atoms with Crippen molar-refractivity contribution in [2.75, 3.05) is 13.2 Å². The molecule has 1 radical (unpaired) electrons. The van der Waals surface area contributed by atoms with Crippen LogP contribution in [0.2, 0.25) is 5.82 Å². The van der Waals surface area contributed by atoms with E-state index in [9.17, 15) is 4.79 Å². The van der Waals surface area contributed by atoms with Crippen molar-refractivity contribution in [3.8, 4) is 5.75 Å². The summed E-state index contributed by atoms with van der Waals surface area (Å²) in [6.07, 6.45) is 1.47. The molecule has 0 aromatic heterocycles. The maximum atomic E-state index is 11.5. The summed E-state index contributed by atoms with van der Waals surface area (Å²) in [4.78, 5) is 11.5. The van der Waals surface area contributed by atoms with Crippen LogP contribution in [-0.2, 0) is 20.7 Å². The van der Waals surface area contributed by atoms with Crippen molar-refractivity contribution in [2.24, 2.45) is 0 Å². The quantitative estimate of drug-likeness (QED) is 0.193. The number of benzene rings is 2. The zero-order chi connectivity index (χ0) is 28.0. The molecule has 0 bridgehead atoms. The van der Waals surface area contributed by atoms with Crippen LogP contribution in [0.3, 0.4) is 0 Å². The van der Waals surface area contributed by atoms with Crippen molar-refractivity contribution in [3.05, 3.63) is 59.7 Å². The molecule has 1 fully saturated rings. The van der Waals surface area contributed by atoms with Crippen molar-refractivity contribution in [2.45, 2.75) is 92.9 Å². The molecule has 1 heterocycles. The van der Waals surface area contributed by atoms with Crippen molar-refractivity contribution in [1.82, 2.24) is 0 Å². The van der Waals surface area contributed by atoms with Gasteiger partial charge in [-0.3, -0.25) is 4.79 Å². The molecule has 0 saturated carbocycles. The van der Waals surface area contributed by atoms with Crippen LogP contribution in [0.4, 0.5) is 0 Å². The molecule has 7 heteroatoms. The van der Waals surface area contributed by atoms with Gasteiger partial charge in [-0.15, -0.1) is 0 Å². The third kappa shape index (κ3) is 12.6. The first-order valence-electron chi connectivity index (χ1n) is 13.1. The van der Waals surface area contributed by atoms with Crippen molar-refractivity contribution >= 4 is 34.9 Å². The van der Waals surface area contributed by atoms with Gasteiger partial charge in [0.1, 0.15) is 12.0 Å². The maximum absolute atomic E-state index is 11.5. The SMILES string of the molecule is CC.CC.CC.CC1OB(c2c(C=O)cccc2OCCCOCc2ccccc2)OC1(C)C.C[Se]. The van der Waals surface area contributed by atoms with Gasteiger partial charge in [0.25, 0.3) is 0 Å². The predicted octanol–water partition coefficient (Wildman–Crippen LogP) is 6.68.